The smallest absolute Gasteiger partial charge is 0.0634 e. The van der Waals surface area contributed by atoms with E-state index in [2.05, 4.69) is 15.2 Å². The molecule has 1 aliphatic carbocycles. The van der Waals surface area contributed by atoms with E-state index < -0.39 is 0 Å². The molecule has 98 valence electrons. The maximum atomic E-state index is 6.18. The summed E-state index contributed by atoms with van der Waals surface area (Å²) in [6.07, 6.45) is 8.91. The first-order chi connectivity index (χ1) is 8.83. The quantitative estimate of drug-likeness (QED) is 0.887. The zero-order chi connectivity index (χ0) is 12.4. The molecule has 1 aromatic heterocycles. The van der Waals surface area contributed by atoms with E-state index in [1.165, 1.54) is 37.8 Å². The van der Waals surface area contributed by atoms with Gasteiger partial charge in [-0.3, -0.25) is 9.88 Å². The monoisotopic (exact) mass is 265 g/mol. The van der Waals surface area contributed by atoms with Gasteiger partial charge >= 0.3 is 0 Å². The minimum Gasteiger partial charge on any atom is -0.312 e. The van der Waals surface area contributed by atoms with Gasteiger partial charge in [-0.15, -0.1) is 0 Å². The molecule has 0 amide bonds. The Hall–Kier alpha value is -0.640. The maximum absolute atomic E-state index is 6.18. The summed E-state index contributed by atoms with van der Waals surface area (Å²) in [6.45, 7) is 3.28. The van der Waals surface area contributed by atoms with Gasteiger partial charge in [0.2, 0.25) is 0 Å². The molecule has 3 rings (SSSR count). The normalized spacial score (nSPS) is 24.6. The molecule has 1 saturated carbocycles. The van der Waals surface area contributed by atoms with Crippen LogP contribution in [0.3, 0.4) is 0 Å². The number of hydrogen-bond donors (Lipinski definition) is 1. The van der Waals surface area contributed by atoms with E-state index in [1.54, 1.807) is 6.20 Å². The molecule has 2 aliphatic rings. The van der Waals surface area contributed by atoms with Crippen molar-refractivity contribution in [1.82, 2.24) is 15.2 Å². The summed E-state index contributed by atoms with van der Waals surface area (Å²) in [6, 6.07) is 3.51. The molecule has 1 aromatic rings. The molecule has 2 heterocycles. The number of likely N-dealkylation sites (tertiary alicyclic amines) is 1. The van der Waals surface area contributed by atoms with Crippen LogP contribution in [0.25, 0.3) is 0 Å². The van der Waals surface area contributed by atoms with Crippen LogP contribution in [0.2, 0.25) is 5.02 Å². The number of nitrogens with one attached hydrogen (secondary N) is 1. The summed E-state index contributed by atoms with van der Waals surface area (Å²) < 4.78 is 0. The molecule has 2 fully saturated rings. The lowest BCUT2D eigenvalue weighted by molar-refractivity contribution is 0.239. The minimum atomic E-state index is 0.676. The highest BCUT2D eigenvalue weighted by Gasteiger charge is 2.27. The number of rotatable bonds is 5. The van der Waals surface area contributed by atoms with E-state index in [-0.39, 0.29) is 0 Å². The van der Waals surface area contributed by atoms with E-state index in [1.807, 2.05) is 12.3 Å². The molecule has 1 saturated heterocycles. The van der Waals surface area contributed by atoms with E-state index in [4.69, 9.17) is 11.6 Å². The highest BCUT2D eigenvalue weighted by atomic mass is 35.5. The standard InChI is InChI=1S/C14H20ClN3/c15-14-9-16-6-5-11(14)10-18-7-1-2-13(18)8-17-12-3-4-12/h5-6,9,12-13,17H,1-4,7-8,10H2. The van der Waals surface area contributed by atoms with Gasteiger partial charge in [-0.05, 0) is 43.9 Å². The van der Waals surface area contributed by atoms with Crippen LogP contribution in [0.4, 0.5) is 0 Å². The predicted octanol–water partition coefficient (Wildman–Crippen LogP) is 2.45. The molecule has 1 atom stereocenters. The molecular weight excluding hydrogens is 246 g/mol. The molecule has 18 heavy (non-hydrogen) atoms. The van der Waals surface area contributed by atoms with Gasteiger partial charge in [0.05, 0.1) is 5.02 Å². The predicted molar refractivity (Wildman–Crippen MR) is 73.7 cm³/mol. The zero-order valence-corrected chi connectivity index (χ0v) is 11.4. The maximum Gasteiger partial charge on any atom is 0.0634 e. The molecule has 0 spiro atoms. The average molecular weight is 266 g/mol. The van der Waals surface area contributed by atoms with E-state index in [0.717, 1.165) is 24.2 Å². The third-order valence-electron chi connectivity index (χ3n) is 3.95. The number of hydrogen-bond acceptors (Lipinski definition) is 3. The third kappa shape index (κ3) is 3.02. The Kier molecular flexibility index (Phi) is 3.83. The first kappa shape index (κ1) is 12.4. The number of halogens is 1. The van der Waals surface area contributed by atoms with Gasteiger partial charge in [0, 0.05) is 37.6 Å². The first-order valence-electron chi connectivity index (χ1n) is 6.89. The lowest BCUT2D eigenvalue weighted by atomic mass is 10.2. The first-order valence-corrected chi connectivity index (χ1v) is 7.26. The molecule has 0 bridgehead atoms. The van der Waals surface area contributed by atoms with Crippen LogP contribution >= 0.6 is 11.6 Å². The van der Waals surface area contributed by atoms with E-state index >= 15 is 0 Å². The molecular formula is C14H20ClN3. The van der Waals surface area contributed by atoms with Gasteiger partial charge < -0.3 is 5.32 Å². The van der Waals surface area contributed by atoms with Crippen molar-refractivity contribution in [3.8, 4) is 0 Å². The van der Waals surface area contributed by atoms with Crippen LogP contribution in [0.1, 0.15) is 31.2 Å². The fraction of sp³-hybridized carbons (Fsp3) is 0.643. The minimum absolute atomic E-state index is 0.676. The Balaban J connectivity index is 1.58. The van der Waals surface area contributed by atoms with E-state index in [9.17, 15) is 0 Å². The highest BCUT2D eigenvalue weighted by molar-refractivity contribution is 6.31. The second-order valence-electron chi connectivity index (χ2n) is 5.42. The van der Waals surface area contributed by atoms with Crippen LogP contribution < -0.4 is 5.32 Å². The Morgan fingerprint density at radius 3 is 3.06 bits per heavy atom. The number of aromatic nitrogens is 1. The molecule has 3 nitrogen and oxygen atoms in total. The summed E-state index contributed by atoms with van der Waals surface area (Å²) in [7, 11) is 0. The van der Waals surface area contributed by atoms with Crippen molar-refractivity contribution < 1.29 is 0 Å². The Bertz CT molecular complexity index is 406. The average Bonchev–Trinajstić information content (AvgIpc) is 3.10. The van der Waals surface area contributed by atoms with Crippen LogP contribution in [0.15, 0.2) is 18.5 Å². The van der Waals surface area contributed by atoms with Gasteiger partial charge in [0.1, 0.15) is 0 Å². The molecule has 0 aromatic carbocycles. The number of nitrogens with zero attached hydrogens (tertiary/aromatic N) is 2. The molecule has 1 N–H and O–H groups in total. The Morgan fingerprint density at radius 1 is 1.39 bits per heavy atom. The molecule has 1 unspecified atom stereocenters. The van der Waals surface area contributed by atoms with Gasteiger partial charge in [-0.1, -0.05) is 11.6 Å². The van der Waals surface area contributed by atoms with Gasteiger partial charge in [0.15, 0.2) is 0 Å². The second kappa shape index (κ2) is 5.55. The van der Waals surface area contributed by atoms with Crippen molar-refractivity contribution in [3.63, 3.8) is 0 Å². The lowest BCUT2D eigenvalue weighted by Crippen LogP contribution is -2.38. The van der Waals surface area contributed by atoms with Crippen molar-refractivity contribution in [1.29, 1.82) is 0 Å². The lowest BCUT2D eigenvalue weighted by Gasteiger charge is -2.25. The van der Waals surface area contributed by atoms with Crippen molar-refractivity contribution in [2.75, 3.05) is 13.1 Å². The third-order valence-corrected chi connectivity index (χ3v) is 4.29. The fourth-order valence-corrected chi connectivity index (χ4v) is 2.85. The van der Waals surface area contributed by atoms with Crippen LogP contribution in [-0.4, -0.2) is 35.1 Å². The number of pyridine rings is 1. The van der Waals surface area contributed by atoms with Gasteiger partial charge in [0.25, 0.3) is 0 Å². The Labute approximate surface area is 114 Å². The topological polar surface area (TPSA) is 28.2 Å². The van der Waals surface area contributed by atoms with Crippen LogP contribution in [0.5, 0.6) is 0 Å². The van der Waals surface area contributed by atoms with Crippen LogP contribution in [0, 0.1) is 0 Å². The van der Waals surface area contributed by atoms with Crippen molar-refractivity contribution >= 4 is 11.6 Å². The second-order valence-corrected chi connectivity index (χ2v) is 5.82. The van der Waals surface area contributed by atoms with Crippen molar-refractivity contribution in [3.05, 3.63) is 29.0 Å². The molecule has 0 radical (unpaired) electrons. The summed E-state index contributed by atoms with van der Waals surface area (Å²) in [5.74, 6) is 0. The fourth-order valence-electron chi connectivity index (χ4n) is 2.68. The summed E-state index contributed by atoms with van der Waals surface area (Å²) >= 11 is 6.18. The summed E-state index contributed by atoms with van der Waals surface area (Å²) in [5, 5.41) is 4.43. The SMILES string of the molecule is Clc1cnccc1CN1CCCC1CNC1CC1. The summed E-state index contributed by atoms with van der Waals surface area (Å²) in [5.41, 5.74) is 1.20. The molecule has 4 heteroatoms. The van der Waals surface area contributed by atoms with E-state index in [0.29, 0.717) is 6.04 Å². The van der Waals surface area contributed by atoms with Crippen LogP contribution in [-0.2, 0) is 6.54 Å². The van der Waals surface area contributed by atoms with Gasteiger partial charge in [-0.25, -0.2) is 0 Å². The van der Waals surface area contributed by atoms with Crippen molar-refractivity contribution in [2.24, 2.45) is 0 Å². The molecule has 1 aliphatic heterocycles. The zero-order valence-electron chi connectivity index (χ0n) is 10.6. The largest absolute Gasteiger partial charge is 0.312 e. The van der Waals surface area contributed by atoms with Crippen molar-refractivity contribution in [2.45, 2.75) is 44.3 Å². The van der Waals surface area contributed by atoms with Gasteiger partial charge in [-0.2, -0.15) is 0 Å². The Morgan fingerprint density at radius 2 is 2.28 bits per heavy atom. The summed E-state index contributed by atoms with van der Waals surface area (Å²) in [4.78, 5) is 6.60. The highest BCUT2D eigenvalue weighted by Crippen LogP contribution is 2.24.